The summed E-state index contributed by atoms with van der Waals surface area (Å²) in [6.45, 7) is 4.47. The molecule has 2 aliphatic heterocycles. The number of fused-ring (bicyclic) bond motifs is 4. The molecule has 0 saturated carbocycles. The fraction of sp³-hybridized carbons (Fsp3) is 0.125. The first-order chi connectivity index (χ1) is 17.2. The van der Waals surface area contributed by atoms with Crippen LogP contribution >= 0.6 is 0 Å². The molecule has 0 radical (unpaired) electrons. The van der Waals surface area contributed by atoms with Gasteiger partial charge in [0.25, 0.3) is 6.71 Å². The van der Waals surface area contributed by atoms with Gasteiger partial charge in [0.05, 0.1) is 0 Å². The quantitative estimate of drug-likeness (QED) is 0.279. The van der Waals surface area contributed by atoms with Gasteiger partial charge in [0, 0.05) is 11.0 Å². The number of hydrogen-bond acceptors (Lipinski definition) is 2. The highest BCUT2D eigenvalue weighted by Gasteiger charge is 2.41. The Balaban J connectivity index is 1.44. The van der Waals surface area contributed by atoms with Crippen LogP contribution in [0.1, 0.15) is 30.9 Å². The molecule has 0 fully saturated rings. The third kappa shape index (κ3) is 3.11. The summed E-state index contributed by atoms with van der Waals surface area (Å²) in [6.07, 6.45) is 6.73. The molecule has 7 rings (SSSR count). The predicted octanol–water partition coefficient (Wildman–Crippen LogP) is 6.51. The minimum Gasteiger partial charge on any atom is -0.458 e. The van der Waals surface area contributed by atoms with Crippen molar-refractivity contribution in [3.05, 3.63) is 108 Å². The zero-order valence-electron chi connectivity index (χ0n) is 20.0. The second-order valence-corrected chi connectivity index (χ2v) is 9.73. The molecule has 0 N–H and O–H groups in total. The highest BCUT2D eigenvalue weighted by Crippen LogP contribution is 2.40. The van der Waals surface area contributed by atoms with E-state index in [2.05, 4.69) is 98.8 Å². The van der Waals surface area contributed by atoms with Crippen LogP contribution in [0.2, 0.25) is 0 Å². The molecule has 4 aromatic carbocycles. The maximum atomic E-state index is 6.63. The Morgan fingerprint density at radius 2 is 1.51 bits per heavy atom. The summed E-state index contributed by atoms with van der Waals surface area (Å²) in [5, 5.41) is 0. The van der Waals surface area contributed by atoms with Crippen LogP contribution in [0, 0.1) is 6.92 Å². The first kappa shape index (κ1) is 20.4. The van der Waals surface area contributed by atoms with Crippen LogP contribution in [0.3, 0.4) is 0 Å². The van der Waals surface area contributed by atoms with Gasteiger partial charge in [-0.1, -0.05) is 78.4 Å². The second-order valence-electron chi connectivity index (χ2n) is 9.73. The Morgan fingerprint density at radius 3 is 2.37 bits per heavy atom. The molecule has 0 atom stereocenters. The second kappa shape index (κ2) is 7.78. The maximum absolute atomic E-state index is 6.63. The summed E-state index contributed by atoms with van der Waals surface area (Å²) in [7, 11) is 0. The fourth-order valence-electron chi connectivity index (χ4n) is 5.82. The van der Waals surface area contributed by atoms with E-state index in [9.17, 15) is 0 Å². The van der Waals surface area contributed by atoms with Crippen molar-refractivity contribution >= 4 is 28.7 Å². The lowest BCUT2D eigenvalue weighted by Gasteiger charge is -2.34. The van der Waals surface area contributed by atoms with Crippen molar-refractivity contribution in [2.75, 3.05) is 0 Å². The molecule has 1 aliphatic carbocycles. The summed E-state index contributed by atoms with van der Waals surface area (Å²) in [4.78, 5) is 0. The standard InChI is InChI=1S/C32H25BO2/c1-20-9-3-5-11-23(20)22-17-18-26-30(19-22)34-28-15-8-16-29-31(28)33(26)27-14-7-13-25(32(27)35-29)24-12-6-4-10-21(24)2/h3,5-9,11-19H,4,10H2,1-2H3. The van der Waals surface area contributed by atoms with Gasteiger partial charge < -0.3 is 9.47 Å². The highest BCUT2D eigenvalue weighted by molar-refractivity contribution is 6.98. The van der Waals surface area contributed by atoms with Gasteiger partial charge in [0.2, 0.25) is 0 Å². The van der Waals surface area contributed by atoms with Crippen LogP contribution in [0.4, 0.5) is 0 Å². The van der Waals surface area contributed by atoms with Crippen LogP contribution in [0.15, 0.2) is 96.6 Å². The molecule has 168 valence electrons. The molecule has 35 heavy (non-hydrogen) atoms. The van der Waals surface area contributed by atoms with E-state index in [1.807, 2.05) is 6.07 Å². The number of hydrogen-bond donors (Lipinski definition) is 0. The Hall–Kier alpha value is -3.98. The van der Waals surface area contributed by atoms with E-state index < -0.39 is 0 Å². The number of allylic oxidation sites excluding steroid dienone is 4. The van der Waals surface area contributed by atoms with Gasteiger partial charge in [-0.2, -0.15) is 0 Å². The molecule has 2 nitrogen and oxygen atoms in total. The number of ether oxygens (including phenoxy) is 2. The number of rotatable bonds is 2. The summed E-state index contributed by atoms with van der Waals surface area (Å²) >= 11 is 0. The van der Waals surface area contributed by atoms with Crippen molar-refractivity contribution in [2.45, 2.75) is 26.7 Å². The Bertz CT molecular complexity index is 1580. The van der Waals surface area contributed by atoms with Gasteiger partial charge >= 0.3 is 0 Å². The normalized spacial score (nSPS) is 15.1. The summed E-state index contributed by atoms with van der Waals surface area (Å²) in [5.74, 6) is 3.66. The van der Waals surface area contributed by atoms with E-state index in [1.165, 1.54) is 44.3 Å². The first-order valence-corrected chi connectivity index (χ1v) is 12.4. The zero-order chi connectivity index (χ0) is 23.5. The molecule has 0 aromatic heterocycles. The zero-order valence-corrected chi connectivity index (χ0v) is 20.0. The van der Waals surface area contributed by atoms with Crippen LogP contribution < -0.4 is 25.9 Å². The van der Waals surface area contributed by atoms with Gasteiger partial charge in [0.1, 0.15) is 23.0 Å². The third-order valence-corrected chi connectivity index (χ3v) is 7.60. The van der Waals surface area contributed by atoms with E-state index in [4.69, 9.17) is 9.47 Å². The van der Waals surface area contributed by atoms with Crippen LogP contribution in [-0.2, 0) is 0 Å². The van der Waals surface area contributed by atoms with Crippen molar-refractivity contribution in [1.82, 2.24) is 0 Å². The molecule has 4 aromatic rings. The number of aryl methyl sites for hydroxylation is 1. The molecule has 0 spiro atoms. The average molecular weight is 452 g/mol. The molecular formula is C32H25BO2. The van der Waals surface area contributed by atoms with Crippen molar-refractivity contribution < 1.29 is 9.47 Å². The monoisotopic (exact) mass is 452 g/mol. The highest BCUT2D eigenvalue weighted by atomic mass is 16.5. The van der Waals surface area contributed by atoms with E-state index in [1.54, 1.807) is 0 Å². The average Bonchev–Trinajstić information content (AvgIpc) is 2.88. The van der Waals surface area contributed by atoms with Crippen LogP contribution in [-0.4, -0.2) is 6.71 Å². The van der Waals surface area contributed by atoms with Crippen molar-refractivity contribution in [3.63, 3.8) is 0 Å². The van der Waals surface area contributed by atoms with Gasteiger partial charge in [0.15, 0.2) is 0 Å². The van der Waals surface area contributed by atoms with Crippen LogP contribution in [0.5, 0.6) is 23.0 Å². The molecule has 3 heteroatoms. The summed E-state index contributed by atoms with van der Waals surface area (Å²) in [6, 6.07) is 27.9. The smallest absolute Gasteiger partial charge is 0.260 e. The van der Waals surface area contributed by atoms with Gasteiger partial charge in [-0.3, -0.25) is 0 Å². The summed E-state index contributed by atoms with van der Waals surface area (Å²) < 4.78 is 13.1. The van der Waals surface area contributed by atoms with Gasteiger partial charge in [-0.25, -0.2) is 0 Å². The van der Waals surface area contributed by atoms with E-state index >= 15 is 0 Å². The molecule has 0 amide bonds. The summed E-state index contributed by atoms with van der Waals surface area (Å²) in [5.41, 5.74) is 11.1. The number of para-hydroxylation sites is 1. The first-order valence-electron chi connectivity index (χ1n) is 12.4. The van der Waals surface area contributed by atoms with Crippen molar-refractivity contribution in [1.29, 1.82) is 0 Å². The minimum atomic E-state index is 0.0769. The molecular weight excluding hydrogens is 427 g/mol. The molecule has 3 aliphatic rings. The SMILES string of the molecule is CC1=C(c2cccc3c2Oc2cccc4c2B3c2ccc(-c3ccccc3C)cc2O4)C=CCC1. The Labute approximate surface area is 206 Å². The van der Waals surface area contributed by atoms with Crippen molar-refractivity contribution in [2.24, 2.45) is 0 Å². The van der Waals surface area contributed by atoms with Gasteiger partial charge in [-0.05, 0) is 78.1 Å². The molecule has 0 saturated heterocycles. The lowest BCUT2D eigenvalue weighted by atomic mass is 9.34. The topological polar surface area (TPSA) is 18.5 Å². The molecule has 0 unspecified atom stereocenters. The van der Waals surface area contributed by atoms with Gasteiger partial charge in [-0.15, -0.1) is 0 Å². The Kier molecular flexibility index (Phi) is 4.53. The van der Waals surface area contributed by atoms with Crippen LogP contribution in [0.25, 0.3) is 16.7 Å². The lowest BCUT2D eigenvalue weighted by Crippen LogP contribution is -2.57. The molecule has 0 bridgehead atoms. The van der Waals surface area contributed by atoms with E-state index in [0.717, 1.165) is 41.3 Å². The van der Waals surface area contributed by atoms with Crippen molar-refractivity contribution in [3.8, 4) is 34.1 Å². The lowest BCUT2D eigenvalue weighted by molar-refractivity contribution is 0.464. The fourth-order valence-corrected chi connectivity index (χ4v) is 5.82. The largest absolute Gasteiger partial charge is 0.458 e. The minimum absolute atomic E-state index is 0.0769. The number of benzene rings is 4. The Morgan fingerprint density at radius 1 is 0.714 bits per heavy atom. The van der Waals surface area contributed by atoms with E-state index in [-0.39, 0.29) is 6.71 Å². The predicted molar refractivity (Wildman–Crippen MR) is 145 cm³/mol. The third-order valence-electron chi connectivity index (χ3n) is 7.60. The molecule has 2 heterocycles. The maximum Gasteiger partial charge on any atom is 0.260 e. The van der Waals surface area contributed by atoms with E-state index in [0.29, 0.717) is 0 Å².